The third-order valence-corrected chi connectivity index (χ3v) is 2.77. The molecule has 0 spiro atoms. The zero-order valence-electron chi connectivity index (χ0n) is 9.02. The second-order valence-corrected chi connectivity index (χ2v) is 4.53. The second kappa shape index (κ2) is 6.83. The monoisotopic (exact) mass is 273 g/mol. The Morgan fingerprint density at radius 3 is 2.73 bits per heavy atom. The van der Waals surface area contributed by atoms with E-state index in [0.717, 1.165) is 17.4 Å². The molecule has 0 bridgehead atoms. The summed E-state index contributed by atoms with van der Waals surface area (Å²) in [6, 6.07) is 5.09. The molecule has 0 radical (unpaired) electrons. The van der Waals surface area contributed by atoms with Gasteiger partial charge in [-0.25, -0.2) is 4.39 Å². The molecule has 1 rings (SSSR count). The Bertz CT molecular complexity index is 302. The molecule has 3 heteroatoms. The first-order valence-electron chi connectivity index (χ1n) is 5.43. The fourth-order valence-electron chi connectivity index (χ4n) is 1.41. The quantitative estimate of drug-likeness (QED) is 0.749. The average Bonchev–Trinajstić information content (AvgIpc) is 2.20. The van der Waals surface area contributed by atoms with Crippen LogP contribution >= 0.6 is 15.9 Å². The van der Waals surface area contributed by atoms with E-state index in [1.807, 2.05) is 6.07 Å². The normalized spacial score (nSPS) is 10.3. The summed E-state index contributed by atoms with van der Waals surface area (Å²) in [5, 5.41) is 3.10. The predicted molar refractivity (Wildman–Crippen MR) is 66.7 cm³/mol. The number of halogens is 2. The molecule has 1 aromatic carbocycles. The van der Waals surface area contributed by atoms with Crippen molar-refractivity contribution in [2.45, 2.75) is 32.6 Å². The van der Waals surface area contributed by atoms with Crippen molar-refractivity contribution in [3.05, 3.63) is 28.5 Å². The van der Waals surface area contributed by atoms with Gasteiger partial charge in [0.25, 0.3) is 0 Å². The lowest BCUT2D eigenvalue weighted by atomic mass is 10.2. The van der Waals surface area contributed by atoms with E-state index in [1.54, 1.807) is 6.07 Å². The zero-order valence-corrected chi connectivity index (χ0v) is 10.6. The number of nitrogens with one attached hydrogen (secondary N) is 1. The Balaban J connectivity index is 2.31. The number of anilines is 1. The summed E-state index contributed by atoms with van der Waals surface area (Å²) in [5.41, 5.74) is 0.592. The highest BCUT2D eigenvalue weighted by molar-refractivity contribution is 9.10. The van der Waals surface area contributed by atoms with Gasteiger partial charge in [-0.05, 0) is 24.6 Å². The Morgan fingerprint density at radius 2 is 2.07 bits per heavy atom. The summed E-state index contributed by atoms with van der Waals surface area (Å²) in [6.45, 7) is 3.03. The molecule has 0 saturated heterocycles. The highest BCUT2D eigenvalue weighted by atomic mass is 79.9. The fraction of sp³-hybridized carbons (Fsp3) is 0.500. The lowest BCUT2D eigenvalue weighted by Gasteiger charge is -2.07. The van der Waals surface area contributed by atoms with Gasteiger partial charge in [0.05, 0.1) is 5.69 Å². The summed E-state index contributed by atoms with van der Waals surface area (Å²) in [5.74, 6) is -0.195. The summed E-state index contributed by atoms with van der Waals surface area (Å²) in [6.07, 6.45) is 4.79. The molecule has 0 heterocycles. The first-order valence-corrected chi connectivity index (χ1v) is 6.22. The van der Waals surface area contributed by atoms with Gasteiger partial charge in [-0.1, -0.05) is 42.1 Å². The molecule has 0 aliphatic carbocycles. The molecular weight excluding hydrogens is 257 g/mol. The number of benzene rings is 1. The van der Waals surface area contributed by atoms with Crippen LogP contribution in [0.4, 0.5) is 10.1 Å². The first-order chi connectivity index (χ1) is 7.24. The van der Waals surface area contributed by atoms with Gasteiger partial charge in [-0.2, -0.15) is 0 Å². The molecule has 0 aliphatic rings. The largest absolute Gasteiger partial charge is 0.383 e. The van der Waals surface area contributed by atoms with E-state index in [0.29, 0.717) is 5.69 Å². The summed E-state index contributed by atoms with van der Waals surface area (Å²) >= 11 is 3.23. The maximum Gasteiger partial charge on any atom is 0.147 e. The minimum Gasteiger partial charge on any atom is -0.383 e. The van der Waals surface area contributed by atoms with E-state index >= 15 is 0 Å². The molecule has 1 N–H and O–H groups in total. The van der Waals surface area contributed by atoms with Crippen molar-refractivity contribution in [3.63, 3.8) is 0 Å². The summed E-state index contributed by atoms with van der Waals surface area (Å²) in [4.78, 5) is 0. The number of rotatable bonds is 6. The molecule has 1 nitrogen and oxygen atoms in total. The van der Waals surface area contributed by atoms with Gasteiger partial charge in [0.1, 0.15) is 5.82 Å². The van der Waals surface area contributed by atoms with Crippen LogP contribution < -0.4 is 5.32 Å². The summed E-state index contributed by atoms with van der Waals surface area (Å²) in [7, 11) is 0. The Kier molecular flexibility index (Phi) is 5.69. The molecule has 0 saturated carbocycles. The van der Waals surface area contributed by atoms with E-state index in [1.165, 1.54) is 25.3 Å². The van der Waals surface area contributed by atoms with E-state index in [4.69, 9.17) is 0 Å². The minimum absolute atomic E-state index is 0.195. The molecule has 0 aliphatic heterocycles. The van der Waals surface area contributed by atoms with Crippen LogP contribution in [0.25, 0.3) is 0 Å². The predicted octanol–water partition coefficient (Wildman–Crippen LogP) is 4.58. The van der Waals surface area contributed by atoms with Crippen molar-refractivity contribution < 1.29 is 4.39 Å². The van der Waals surface area contributed by atoms with Gasteiger partial charge in [-0.15, -0.1) is 0 Å². The molecule has 0 amide bonds. The lowest BCUT2D eigenvalue weighted by Crippen LogP contribution is -2.03. The van der Waals surface area contributed by atoms with E-state index < -0.39 is 0 Å². The average molecular weight is 274 g/mol. The second-order valence-electron chi connectivity index (χ2n) is 3.61. The van der Waals surface area contributed by atoms with E-state index in [2.05, 4.69) is 28.2 Å². The van der Waals surface area contributed by atoms with Crippen molar-refractivity contribution in [1.82, 2.24) is 0 Å². The smallest absolute Gasteiger partial charge is 0.147 e. The van der Waals surface area contributed by atoms with Gasteiger partial charge in [-0.3, -0.25) is 0 Å². The van der Waals surface area contributed by atoms with Crippen molar-refractivity contribution in [2.24, 2.45) is 0 Å². The first kappa shape index (κ1) is 12.5. The molecular formula is C12H17BrFN. The van der Waals surface area contributed by atoms with Crippen LogP contribution in [0.1, 0.15) is 32.6 Å². The topological polar surface area (TPSA) is 12.0 Å². The highest BCUT2D eigenvalue weighted by Crippen LogP contribution is 2.19. The Hall–Kier alpha value is -0.570. The van der Waals surface area contributed by atoms with Gasteiger partial charge < -0.3 is 5.32 Å². The van der Waals surface area contributed by atoms with E-state index in [-0.39, 0.29) is 5.82 Å². The van der Waals surface area contributed by atoms with Crippen LogP contribution in [0, 0.1) is 5.82 Å². The zero-order chi connectivity index (χ0) is 11.1. The fourth-order valence-corrected chi connectivity index (χ4v) is 1.74. The third-order valence-electron chi connectivity index (χ3n) is 2.28. The van der Waals surface area contributed by atoms with Crippen LogP contribution in [0.5, 0.6) is 0 Å². The van der Waals surface area contributed by atoms with Crippen molar-refractivity contribution >= 4 is 21.6 Å². The van der Waals surface area contributed by atoms with Gasteiger partial charge in [0.15, 0.2) is 0 Å². The molecule has 0 aromatic heterocycles. The Morgan fingerprint density at radius 1 is 1.27 bits per heavy atom. The van der Waals surface area contributed by atoms with Gasteiger partial charge in [0.2, 0.25) is 0 Å². The number of hydrogen-bond acceptors (Lipinski definition) is 1. The lowest BCUT2D eigenvalue weighted by molar-refractivity contribution is 0.626. The Labute approximate surface area is 99.2 Å². The third kappa shape index (κ3) is 4.65. The number of unbranched alkanes of at least 4 members (excludes halogenated alkanes) is 3. The van der Waals surface area contributed by atoms with Crippen molar-refractivity contribution in [3.8, 4) is 0 Å². The maximum absolute atomic E-state index is 13.3. The SMILES string of the molecule is CCCCCCNc1ccc(Br)cc1F. The van der Waals surface area contributed by atoms with Gasteiger partial charge >= 0.3 is 0 Å². The van der Waals surface area contributed by atoms with Crippen LogP contribution in [0.3, 0.4) is 0 Å². The van der Waals surface area contributed by atoms with Gasteiger partial charge in [0, 0.05) is 11.0 Å². The van der Waals surface area contributed by atoms with Crippen LogP contribution in [0.2, 0.25) is 0 Å². The van der Waals surface area contributed by atoms with Crippen LogP contribution in [-0.2, 0) is 0 Å². The van der Waals surface area contributed by atoms with Crippen molar-refractivity contribution in [2.75, 3.05) is 11.9 Å². The number of hydrogen-bond donors (Lipinski definition) is 1. The van der Waals surface area contributed by atoms with Crippen LogP contribution in [0.15, 0.2) is 22.7 Å². The van der Waals surface area contributed by atoms with Crippen molar-refractivity contribution in [1.29, 1.82) is 0 Å². The molecule has 84 valence electrons. The van der Waals surface area contributed by atoms with Crippen LogP contribution in [-0.4, -0.2) is 6.54 Å². The van der Waals surface area contributed by atoms with E-state index in [9.17, 15) is 4.39 Å². The molecule has 0 fully saturated rings. The molecule has 0 atom stereocenters. The minimum atomic E-state index is -0.195. The maximum atomic E-state index is 13.3. The molecule has 1 aromatic rings. The molecule has 0 unspecified atom stereocenters. The standard InChI is InChI=1S/C12H17BrFN/c1-2-3-4-5-8-15-12-7-6-10(13)9-11(12)14/h6-7,9,15H,2-5,8H2,1H3. The molecule has 15 heavy (non-hydrogen) atoms. The highest BCUT2D eigenvalue weighted by Gasteiger charge is 2.00. The summed E-state index contributed by atoms with van der Waals surface area (Å²) < 4.78 is 14.1.